The van der Waals surface area contributed by atoms with Gasteiger partial charge in [-0.2, -0.15) is 0 Å². The third-order valence-electron chi connectivity index (χ3n) is 24.3. The van der Waals surface area contributed by atoms with Gasteiger partial charge in [0.15, 0.2) is 0 Å². The van der Waals surface area contributed by atoms with E-state index in [1.54, 1.807) is 11.1 Å². The number of fused-ring (bicyclic) bond motifs is 7. The zero-order valence-electron chi connectivity index (χ0n) is 65.4. The third-order valence-corrected chi connectivity index (χ3v) is 27.0. The van der Waals surface area contributed by atoms with E-state index in [4.69, 9.17) is 7.96 Å². The quantitative estimate of drug-likeness (QED) is 0.0281. The van der Waals surface area contributed by atoms with Crippen molar-refractivity contribution in [1.82, 2.24) is 7.96 Å². The van der Waals surface area contributed by atoms with E-state index in [9.17, 15) is 0 Å². The van der Waals surface area contributed by atoms with Crippen LogP contribution in [0.5, 0.6) is 0 Å². The second kappa shape index (κ2) is 39.9. The molecule has 0 fully saturated rings. The molecular formula is C102H120N2S2Se. The number of rotatable bonds is 45. The summed E-state index contributed by atoms with van der Waals surface area (Å²) >= 11 is 3.48. The number of hydrogen-bond donors (Lipinski definition) is 0. The van der Waals surface area contributed by atoms with Crippen molar-refractivity contribution < 1.29 is 0 Å². The van der Waals surface area contributed by atoms with E-state index >= 15 is 0 Å². The van der Waals surface area contributed by atoms with Gasteiger partial charge in [0.2, 0.25) is 0 Å². The van der Waals surface area contributed by atoms with Gasteiger partial charge in [0, 0.05) is 15.2 Å². The van der Waals surface area contributed by atoms with Gasteiger partial charge >= 0.3 is 250 Å². The van der Waals surface area contributed by atoms with E-state index < -0.39 is 0 Å². The Balaban J connectivity index is 0.951. The molecular weight excluding hydrogens is 1400 g/mol. The van der Waals surface area contributed by atoms with Crippen LogP contribution in [0, 0.1) is 0 Å². The Morgan fingerprint density at radius 3 is 0.907 bits per heavy atom. The van der Waals surface area contributed by atoms with Crippen LogP contribution in [0.1, 0.15) is 302 Å². The van der Waals surface area contributed by atoms with E-state index in [-0.39, 0.29) is 25.8 Å². The summed E-state index contributed by atoms with van der Waals surface area (Å²) in [7, 11) is 0. The van der Waals surface area contributed by atoms with Gasteiger partial charge in [0.05, 0.1) is 0 Å². The normalized spacial score (nSPS) is 13.3. The minimum absolute atomic E-state index is 0.0951. The average molecular weight is 1520 g/mol. The molecule has 2 aliphatic carbocycles. The second-order valence-electron chi connectivity index (χ2n) is 31.7. The molecule has 0 saturated carbocycles. The summed E-state index contributed by atoms with van der Waals surface area (Å²) in [5, 5.41) is 4.45. The zero-order valence-corrected chi connectivity index (χ0v) is 68.7. The molecule has 107 heavy (non-hydrogen) atoms. The topological polar surface area (TPSA) is 25.8 Å². The van der Waals surface area contributed by atoms with Crippen LogP contribution < -0.4 is 0 Å². The van der Waals surface area contributed by atoms with E-state index in [2.05, 4.69) is 245 Å². The molecule has 0 unspecified atom stereocenters. The molecule has 0 bridgehead atoms. The molecule has 0 N–H and O–H groups in total. The molecule has 0 radical (unpaired) electrons. The standard InChI is InChI=1S/C102H120N2S2Se/c1-5-9-13-17-21-25-29-39-65-101(66-40-30-26-22-18-14-10-6-2)95-73-79(77-45-35-33-36-46-77)53-59-89(95)91-61-55-83(75-97(91)101)93-71-81(52-58-86-50-44-70-106-86)94(72-80(93)51-57-85-49-43-69-105-85)84-56-62-92-90-60-54-82(88-64-63-87(78-47-37-34-38-48-78)99-100(88)104-107-103-99)74-96(90)102(98(92)76-84,67-41-31-27-23-19-15-11-7-3)68-42-32-28-24-20-16-12-8-4/h33-38,43-64,69-76H,5-32,39-42,65-68H2,1-4H3/b57-51+,58-52+. The zero-order chi connectivity index (χ0) is 73.3. The van der Waals surface area contributed by atoms with Crippen molar-refractivity contribution in [1.29, 1.82) is 0 Å². The van der Waals surface area contributed by atoms with Gasteiger partial charge in [0.1, 0.15) is 0 Å². The summed E-state index contributed by atoms with van der Waals surface area (Å²) < 4.78 is 10.4. The van der Waals surface area contributed by atoms with Crippen LogP contribution in [0.4, 0.5) is 0 Å². The predicted molar refractivity (Wildman–Crippen MR) is 471 cm³/mol. The molecule has 13 rings (SSSR count). The molecule has 11 aromatic rings. The fourth-order valence-electron chi connectivity index (χ4n) is 18.3. The van der Waals surface area contributed by atoms with Crippen LogP contribution in [0.25, 0.3) is 113 Å². The van der Waals surface area contributed by atoms with Crippen LogP contribution in [-0.4, -0.2) is 22.9 Å². The van der Waals surface area contributed by atoms with E-state index in [1.807, 2.05) is 22.7 Å². The van der Waals surface area contributed by atoms with Crippen molar-refractivity contribution in [3.05, 3.63) is 236 Å². The predicted octanol–water partition coefficient (Wildman–Crippen LogP) is 32.1. The first kappa shape index (κ1) is 77.9. The van der Waals surface area contributed by atoms with Crippen molar-refractivity contribution in [2.45, 2.75) is 270 Å². The second-order valence-corrected chi connectivity index (χ2v) is 34.8. The number of thiophene rings is 2. The minimum atomic E-state index is -0.177. The Bertz CT molecular complexity index is 4560. The number of hydrogen-bond acceptors (Lipinski definition) is 4. The van der Waals surface area contributed by atoms with Gasteiger partial charge in [-0.25, -0.2) is 0 Å². The summed E-state index contributed by atoms with van der Waals surface area (Å²) in [5.41, 5.74) is 29.0. The van der Waals surface area contributed by atoms with E-state index in [1.165, 1.54) is 328 Å². The third kappa shape index (κ3) is 19.1. The maximum atomic E-state index is 5.25. The van der Waals surface area contributed by atoms with Crippen molar-refractivity contribution in [3.63, 3.8) is 0 Å². The minimum Gasteiger partial charge on any atom is -0.144 e. The van der Waals surface area contributed by atoms with Crippen molar-refractivity contribution in [3.8, 4) is 77.9 Å². The van der Waals surface area contributed by atoms with Gasteiger partial charge in [-0.05, 0) is 116 Å². The fraction of sp³-hybridized carbons (Fsp3) is 0.412. The van der Waals surface area contributed by atoms with E-state index in [0.29, 0.717) is 0 Å². The SMILES string of the molecule is CCCCCCCCCCC1(CCCCCCCCCC)c2cc(-c3ccccc3)ccc2-c2ccc(-c3cc(/C=C/c4cccs4)c(-c4ccc5c(c4)C(CCCCCCCCCC)(CCCCCCCCCC)c4cc(-c6ccc(-c7ccccc7)c7n[se]nc67)ccc4-5)cc3/C=C/c3cccs3)cc21. The summed E-state index contributed by atoms with van der Waals surface area (Å²) in [6.45, 7) is 9.36. The molecule has 2 nitrogen and oxygen atoms in total. The molecule has 5 heteroatoms. The Morgan fingerprint density at radius 1 is 0.262 bits per heavy atom. The van der Waals surface area contributed by atoms with Crippen LogP contribution in [0.15, 0.2) is 193 Å². The number of unbranched alkanes of at least 4 members (excludes halogenated alkanes) is 28. The summed E-state index contributed by atoms with van der Waals surface area (Å²) in [4.78, 5) is 2.55. The van der Waals surface area contributed by atoms with E-state index in [0.717, 1.165) is 23.9 Å². The van der Waals surface area contributed by atoms with Gasteiger partial charge in [0.25, 0.3) is 0 Å². The van der Waals surface area contributed by atoms with Gasteiger partial charge in [-0.15, -0.1) is 22.7 Å². The molecule has 0 aliphatic heterocycles. The average Bonchev–Trinajstić information content (AvgIpc) is 1.57. The molecule has 0 saturated heterocycles. The van der Waals surface area contributed by atoms with Gasteiger partial charge in [-0.3, -0.25) is 0 Å². The summed E-state index contributed by atoms with van der Waals surface area (Å²) in [5.74, 6) is 0. The van der Waals surface area contributed by atoms with Crippen LogP contribution in [0.3, 0.4) is 0 Å². The van der Waals surface area contributed by atoms with Crippen molar-refractivity contribution in [2.75, 3.05) is 0 Å². The summed E-state index contributed by atoms with van der Waals surface area (Å²) in [6, 6.07) is 71.6. The van der Waals surface area contributed by atoms with Crippen LogP contribution in [-0.2, 0) is 10.8 Å². The maximum absolute atomic E-state index is 5.25. The molecule has 2 aliphatic rings. The van der Waals surface area contributed by atoms with Crippen LogP contribution >= 0.6 is 22.7 Å². The Labute approximate surface area is 659 Å². The van der Waals surface area contributed by atoms with Crippen molar-refractivity contribution in [2.24, 2.45) is 0 Å². The first-order chi connectivity index (χ1) is 52.9. The molecule has 556 valence electrons. The first-order valence-corrected chi connectivity index (χ1v) is 45.8. The number of nitrogens with zero attached hydrogens (tertiary/aromatic N) is 2. The van der Waals surface area contributed by atoms with Crippen molar-refractivity contribution >= 4 is 73.0 Å². The molecule has 0 atom stereocenters. The Morgan fingerprint density at radius 2 is 0.561 bits per heavy atom. The number of aromatic nitrogens is 2. The van der Waals surface area contributed by atoms with Gasteiger partial charge < -0.3 is 0 Å². The van der Waals surface area contributed by atoms with Crippen LogP contribution in [0.2, 0.25) is 0 Å². The Hall–Kier alpha value is -7.24. The molecule has 3 heterocycles. The monoisotopic (exact) mass is 1520 g/mol. The molecule has 0 spiro atoms. The molecule has 8 aromatic carbocycles. The van der Waals surface area contributed by atoms with Gasteiger partial charge in [-0.1, -0.05) is 261 Å². The smallest absolute Gasteiger partial charge is 0.144 e. The molecule has 3 aromatic heterocycles. The first-order valence-electron chi connectivity index (χ1n) is 42.5. The Kier molecular flexibility index (Phi) is 29.1. The fourth-order valence-corrected chi connectivity index (χ4v) is 20.8. The number of benzene rings is 8. The summed E-state index contributed by atoms with van der Waals surface area (Å²) in [6.07, 6.45) is 56.5. The molecule has 0 amide bonds.